The summed E-state index contributed by atoms with van der Waals surface area (Å²) in [5, 5.41) is 5.41. The lowest BCUT2D eigenvalue weighted by Gasteiger charge is -2.59. The van der Waals surface area contributed by atoms with Crippen molar-refractivity contribution in [3.05, 3.63) is 0 Å². The van der Waals surface area contributed by atoms with Gasteiger partial charge in [-0.25, -0.2) is 4.79 Å². The van der Waals surface area contributed by atoms with Crippen LogP contribution in [0.5, 0.6) is 0 Å². The van der Waals surface area contributed by atoms with E-state index in [0.717, 1.165) is 6.42 Å². The van der Waals surface area contributed by atoms with E-state index in [1.807, 2.05) is 0 Å². The highest BCUT2D eigenvalue weighted by atomic mass is 32.2. The average Bonchev–Trinajstić information content (AvgIpc) is 2.22. The Morgan fingerprint density at radius 2 is 1.71 bits per heavy atom. The van der Waals surface area contributed by atoms with Crippen LogP contribution in [-0.4, -0.2) is 40.5 Å². The molecule has 4 aliphatic carbocycles. The molecule has 4 rings (SSSR count). The smallest absolute Gasteiger partial charge is 0.454 e. The quantitative estimate of drug-likeness (QED) is 0.595. The number of carbonyl (C=O) groups excluding carboxylic acids is 1. The fourth-order valence-corrected chi connectivity index (χ4v) is 4.86. The standard InChI is InChI=1S/C12H16F2O6S/c13-12(14,21(17,18)19)9(15)20-11-4-7-1-8(5-11)3-10(16,2-7)6-11/h7-8,16H,1-6H2,(H,17,18,19). The van der Waals surface area contributed by atoms with Gasteiger partial charge in [-0.2, -0.15) is 17.2 Å². The van der Waals surface area contributed by atoms with E-state index in [4.69, 9.17) is 9.29 Å². The van der Waals surface area contributed by atoms with E-state index in [-0.39, 0.29) is 18.3 Å². The number of carbonyl (C=O) groups is 1. The largest absolute Gasteiger partial charge is 0.465 e. The van der Waals surface area contributed by atoms with Gasteiger partial charge < -0.3 is 9.84 Å². The molecule has 2 N–H and O–H groups in total. The van der Waals surface area contributed by atoms with Crippen molar-refractivity contribution in [1.82, 2.24) is 0 Å². The summed E-state index contributed by atoms with van der Waals surface area (Å²) in [5.74, 6) is -2.10. The minimum absolute atomic E-state index is 0.0420. The van der Waals surface area contributed by atoms with Crippen LogP contribution in [0.25, 0.3) is 0 Å². The molecule has 0 radical (unpaired) electrons. The van der Waals surface area contributed by atoms with Gasteiger partial charge in [-0.3, -0.25) is 4.55 Å². The third kappa shape index (κ3) is 2.35. The predicted octanol–water partition coefficient (Wildman–Crippen LogP) is 1.09. The summed E-state index contributed by atoms with van der Waals surface area (Å²) in [7, 11) is -5.87. The van der Waals surface area contributed by atoms with E-state index in [0.29, 0.717) is 25.7 Å². The number of rotatable bonds is 3. The molecule has 9 heteroatoms. The first-order chi connectivity index (χ1) is 9.45. The van der Waals surface area contributed by atoms with Crippen LogP contribution in [-0.2, 0) is 19.6 Å². The summed E-state index contributed by atoms with van der Waals surface area (Å²) in [6.07, 6.45) is 2.70. The molecule has 2 atom stereocenters. The van der Waals surface area contributed by atoms with E-state index in [2.05, 4.69) is 0 Å². The van der Waals surface area contributed by atoms with Gasteiger partial charge in [0.05, 0.1) is 5.60 Å². The topological polar surface area (TPSA) is 101 Å². The normalized spacial score (nSPS) is 42.1. The second kappa shape index (κ2) is 4.14. The van der Waals surface area contributed by atoms with Crippen LogP contribution in [0.3, 0.4) is 0 Å². The summed E-state index contributed by atoms with van der Waals surface area (Å²) in [6, 6.07) is 0. The first-order valence-electron chi connectivity index (χ1n) is 6.75. The molecule has 0 heterocycles. The fourth-order valence-electron chi connectivity index (χ4n) is 4.61. The first kappa shape index (κ1) is 15.1. The molecule has 4 aliphatic rings. The van der Waals surface area contributed by atoms with Crippen molar-refractivity contribution in [2.45, 2.75) is 55.0 Å². The molecule has 120 valence electrons. The van der Waals surface area contributed by atoms with Gasteiger partial charge in [-0.1, -0.05) is 0 Å². The van der Waals surface area contributed by atoms with Crippen molar-refractivity contribution in [1.29, 1.82) is 0 Å². The van der Waals surface area contributed by atoms with E-state index in [9.17, 15) is 27.1 Å². The minimum Gasteiger partial charge on any atom is -0.454 e. The van der Waals surface area contributed by atoms with E-state index >= 15 is 0 Å². The van der Waals surface area contributed by atoms with Crippen LogP contribution in [0.15, 0.2) is 0 Å². The molecule has 0 aromatic heterocycles. The molecule has 6 nitrogen and oxygen atoms in total. The number of aliphatic hydroxyl groups is 1. The summed E-state index contributed by atoms with van der Waals surface area (Å²) >= 11 is 0. The Kier molecular flexibility index (Phi) is 2.98. The van der Waals surface area contributed by atoms with Crippen LogP contribution in [0.1, 0.15) is 38.5 Å². The lowest BCUT2D eigenvalue weighted by atomic mass is 9.52. The first-order valence-corrected chi connectivity index (χ1v) is 8.19. The van der Waals surface area contributed by atoms with Gasteiger partial charge in [0, 0.05) is 6.42 Å². The second-order valence-corrected chi connectivity index (χ2v) is 8.21. The third-order valence-corrected chi connectivity index (χ3v) is 5.66. The van der Waals surface area contributed by atoms with Gasteiger partial charge in [0.1, 0.15) is 5.60 Å². The highest BCUT2D eigenvalue weighted by Crippen LogP contribution is 2.59. The monoisotopic (exact) mass is 326 g/mol. The zero-order chi connectivity index (χ0) is 15.7. The molecule has 4 fully saturated rings. The fraction of sp³-hybridized carbons (Fsp3) is 0.917. The van der Waals surface area contributed by atoms with Crippen LogP contribution in [0, 0.1) is 11.8 Å². The van der Waals surface area contributed by atoms with Crippen LogP contribution < -0.4 is 0 Å². The molecule has 0 aliphatic heterocycles. The number of esters is 1. The molecular formula is C12H16F2O6S. The Labute approximate surface area is 120 Å². The third-order valence-electron chi connectivity index (χ3n) is 4.85. The SMILES string of the molecule is O=C(OC12CC3CC(CC(O)(C3)C1)C2)C(F)(F)S(=O)(=O)O. The Hall–Kier alpha value is -0.800. The van der Waals surface area contributed by atoms with Crippen molar-refractivity contribution in [2.75, 3.05) is 0 Å². The predicted molar refractivity (Wildman–Crippen MR) is 65.0 cm³/mol. The Bertz CT molecular complexity index is 573. The van der Waals surface area contributed by atoms with Gasteiger partial charge in [0.15, 0.2) is 0 Å². The van der Waals surface area contributed by atoms with Crippen LogP contribution in [0.2, 0.25) is 0 Å². The average molecular weight is 326 g/mol. The number of ether oxygens (including phenoxy) is 1. The highest BCUT2D eigenvalue weighted by Gasteiger charge is 2.62. The molecule has 21 heavy (non-hydrogen) atoms. The number of hydrogen-bond donors (Lipinski definition) is 2. The second-order valence-electron chi connectivity index (χ2n) is 6.75. The van der Waals surface area contributed by atoms with Gasteiger partial charge >= 0.3 is 21.3 Å². The van der Waals surface area contributed by atoms with E-state index in [1.165, 1.54) is 0 Å². The van der Waals surface area contributed by atoms with Gasteiger partial charge in [0.2, 0.25) is 0 Å². The van der Waals surface area contributed by atoms with Crippen molar-refractivity contribution >= 4 is 16.1 Å². The number of halogens is 2. The van der Waals surface area contributed by atoms with Gasteiger partial charge in [-0.15, -0.1) is 0 Å². The van der Waals surface area contributed by atoms with Crippen LogP contribution in [0.4, 0.5) is 8.78 Å². The zero-order valence-corrected chi connectivity index (χ0v) is 11.9. The van der Waals surface area contributed by atoms with Gasteiger partial charge in [0.25, 0.3) is 0 Å². The molecule has 0 aromatic carbocycles. The van der Waals surface area contributed by atoms with E-state index in [1.54, 1.807) is 0 Å². The summed E-state index contributed by atoms with van der Waals surface area (Å²) in [5.41, 5.74) is -2.28. The lowest BCUT2D eigenvalue weighted by Crippen LogP contribution is -2.61. The highest BCUT2D eigenvalue weighted by molar-refractivity contribution is 7.87. The minimum atomic E-state index is -5.87. The summed E-state index contributed by atoms with van der Waals surface area (Å²) in [4.78, 5) is 11.5. The number of hydrogen-bond acceptors (Lipinski definition) is 5. The Morgan fingerprint density at radius 3 is 2.14 bits per heavy atom. The molecule has 4 saturated carbocycles. The molecule has 0 saturated heterocycles. The van der Waals surface area contributed by atoms with Crippen molar-refractivity contribution < 1.29 is 36.4 Å². The maximum Gasteiger partial charge on any atom is 0.465 e. The van der Waals surface area contributed by atoms with Gasteiger partial charge in [-0.05, 0) is 43.9 Å². The van der Waals surface area contributed by atoms with Crippen molar-refractivity contribution in [3.63, 3.8) is 0 Å². The molecule has 0 aromatic rings. The molecule has 0 amide bonds. The van der Waals surface area contributed by atoms with Crippen LogP contribution >= 0.6 is 0 Å². The maximum atomic E-state index is 13.3. The molecule has 4 bridgehead atoms. The molecule has 0 spiro atoms. The lowest BCUT2D eigenvalue weighted by molar-refractivity contribution is -0.228. The summed E-state index contributed by atoms with van der Waals surface area (Å²) < 4.78 is 61.1. The number of alkyl halides is 2. The Balaban J connectivity index is 1.84. The van der Waals surface area contributed by atoms with Crippen molar-refractivity contribution in [2.24, 2.45) is 11.8 Å². The molecule has 2 unspecified atom stereocenters. The summed E-state index contributed by atoms with van der Waals surface area (Å²) in [6.45, 7) is 0. The Morgan fingerprint density at radius 1 is 1.19 bits per heavy atom. The maximum absolute atomic E-state index is 13.3. The van der Waals surface area contributed by atoms with Crippen molar-refractivity contribution in [3.8, 4) is 0 Å². The van der Waals surface area contributed by atoms with E-state index < -0.39 is 32.5 Å². The zero-order valence-electron chi connectivity index (χ0n) is 11.1. The molecular weight excluding hydrogens is 310 g/mol.